The van der Waals surface area contributed by atoms with Crippen LogP contribution >= 0.6 is 0 Å². The van der Waals surface area contributed by atoms with E-state index in [1.807, 2.05) is 30.3 Å². The molecule has 6 heteroatoms. The summed E-state index contributed by atoms with van der Waals surface area (Å²) >= 11 is 0. The average Bonchev–Trinajstić information content (AvgIpc) is 2.62. The van der Waals surface area contributed by atoms with Crippen molar-refractivity contribution < 1.29 is 14.4 Å². The molecular formula is C18H21N3O3. The Bertz CT molecular complexity index is 670. The zero-order valence-electron chi connectivity index (χ0n) is 13.6. The third-order valence-electron chi connectivity index (χ3n) is 3.32. The van der Waals surface area contributed by atoms with E-state index in [9.17, 15) is 4.79 Å². The van der Waals surface area contributed by atoms with E-state index in [1.54, 1.807) is 31.4 Å². The first-order valence-corrected chi connectivity index (χ1v) is 7.59. The fourth-order valence-corrected chi connectivity index (χ4v) is 2.02. The van der Waals surface area contributed by atoms with Crippen molar-refractivity contribution in [3.8, 4) is 5.75 Å². The maximum Gasteiger partial charge on any atom is 0.260 e. The molecule has 0 atom stereocenters. The van der Waals surface area contributed by atoms with Gasteiger partial charge in [-0.15, -0.1) is 0 Å². The molecule has 2 rings (SSSR count). The summed E-state index contributed by atoms with van der Waals surface area (Å²) in [7, 11) is 1.59. The Morgan fingerprint density at radius 3 is 2.50 bits per heavy atom. The predicted octanol–water partition coefficient (Wildman–Crippen LogP) is 1.69. The summed E-state index contributed by atoms with van der Waals surface area (Å²) in [6.07, 6.45) is 0.768. The van der Waals surface area contributed by atoms with Gasteiger partial charge in [-0.1, -0.05) is 35.5 Å². The summed E-state index contributed by atoms with van der Waals surface area (Å²) in [5.41, 5.74) is 7.66. The number of methoxy groups -OCH3 is 1. The molecule has 0 aliphatic carbocycles. The number of carbonyl (C=O) groups is 1. The highest BCUT2D eigenvalue weighted by Crippen LogP contribution is 2.10. The highest BCUT2D eigenvalue weighted by atomic mass is 16.6. The van der Waals surface area contributed by atoms with Gasteiger partial charge in [0.1, 0.15) is 5.75 Å². The van der Waals surface area contributed by atoms with Gasteiger partial charge in [0.05, 0.1) is 7.11 Å². The number of rotatable bonds is 8. The van der Waals surface area contributed by atoms with Gasteiger partial charge in [0.2, 0.25) is 0 Å². The molecule has 1 amide bonds. The van der Waals surface area contributed by atoms with Gasteiger partial charge >= 0.3 is 0 Å². The summed E-state index contributed by atoms with van der Waals surface area (Å²) in [6.45, 7) is 0.371. The van der Waals surface area contributed by atoms with Crippen LogP contribution in [0.3, 0.4) is 0 Å². The standard InChI is InChI=1S/C18H21N3O3/c1-23-16-9-7-15(8-10-16)18(19)21-24-13-17(22)20-12-11-14-5-3-2-4-6-14/h2-10H,11-13H2,1H3,(H2,19,21)(H,20,22). The van der Waals surface area contributed by atoms with E-state index in [2.05, 4.69) is 10.5 Å². The fraction of sp³-hybridized carbons (Fsp3) is 0.222. The molecule has 0 aromatic heterocycles. The van der Waals surface area contributed by atoms with Crippen LogP contribution in [0.4, 0.5) is 0 Å². The molecule has 0 aliphatic rings. The number of nitrogens with one attached hydrogen (secondary N) is 1. The molecule has 0 radical (unpaired) electrons. The number of carbonyl (C=O) groups excluding carboxylic acids is 1. The lowest BCUT2D eigenvalue weighted by molar-refractivity contribution is -0.125. The van der Waals surface area contributed by atoms with Crippen LogP contribution in [0.2, 0.25) is 0 Å². The Morgan fingerprint density at radius 2 is 1.83 bits per heavy atom. The lowest BCUT2D eigenvalue weighted by atomic mass is 10.1. The molecule has 2 aromatic rings. The Morgan fingerprint density at radius 1 is 1.12 bits per heavy atom. The van der Waals surface area contributed by atoms with Crippen LogP contribution in [0.25, 0.3) is 0 Å². The van der Waals surface area contributed by atoms with Gasteiger partial charge in [-0.25, -0.2) is 0 Å². The van der Waals surface area contributed by atoms with Crippen molar-refractivity contribution in [1.82, 2.24) is 5.32 Å². The molecule has 24 heavy (non-hydrogen) atoms. The van der Waals surface area contributed by atoms with Crippen LogP contribution in [-0.2, 0) is 16.1 Å². The van der Waals surface area contributed by atoms with Crippen molar-refractivity contribution in [2.75, 3.05) is 20.3 Å². The van der Waals surface area contributed by atoms with Gasteiger partial charge in [0.15, 0.2) is 12.4 Å². The lowest BCUT2D eigenvalue weighted by Crippen LogP contribution is -2.29. The zero-order valence-corrected chi connectivity index (χ0v) is 13.6. The van der Waals surface area contributed by atoms with E-state index < -0.39 is 0 Å². The number of benzene rings is 2. The predicted molar refractivity (Wildman–Crippen MR) is 92.8 cm³/mol. The van der Waals surface area contributed by atoms with Crippen molar-refractivity contribution >= 4 is 11.7 Å². The monoisotopic (exact) mass is 327 g/mol. The molecule has 0 fully saturated rings. The highest BCUT2D eigenvalue weighted by molar-refractivity contribution is 5.97. The van der Waals surface area contributed by atoms with E-state index in [0.29, 0.717) is 12.1 Å². The van der Waals surface area contributed by atoms with Crippen molar-refractivity contribution in [1.29, 1.82) is 0 Å². The SMILES string of the molecule is COc1ccc(/C(N)=N/OCC(=O)NCCc2ccccc2)cc1. The molecule has 0 unspecified atom stereocenters. The third kappa shape index (κ3) is 5.64. The molecule has 2 aromatic carbocycles. The maximum absolute atomic E-state index is 11.7. The quantitative estimate of drug-likeness (QED) is 0.439. The largest absolute Gasteiger partial charge is 0.497 e. The molecular weight excluding hydrogens is 306 g/mol. The Kier molecular flexibility index (Phi) is 6.64. The number of amides is 1. The second-order valence-electron chi connectivity index (χ2n) is 5.06. The number of hydrogen-bond donors (Lipinski definition) is 2. The number of nitrogens with zero attached hydrogens (tertiary/aromatic N) is 1. The van der Waals surface area contributed by atoms with Gasteiger partial charge in [-0.2, -0.15) is 0 Å². The van der Waals surface area contributed by atoms with Crippen molar-refractivity contribution in [2.24, 2.45) is 10.9 Å². The highest BCUT2D eigenvalue weighted by Gasteiger charge is 2.03. The molecule has 0 heterocycles. The van der Waals surface area contributed by atoms with Gasteiger partial charge in [-0.05, 0) is 36.2 Å². The van der Waals surface area contributed by atoms with Crippen molar-refractivity contribution in [2.45, 2.75) is 6.42 Å². The molecule has 3 N–H and O–H groups in total. The zero-order chi connectivity index (χ0) is 17.2. The second kappa shape index (κ2) is 9.19. The van der Waals surface area contributed by atoms with Gasteiger partial charge in [0.25, 0.3) is 5.91 Å². The van der Waals surface area contributed by atoms with Gasteiger partial charge in [-0.3, -0.25) is 4.79 Å². The molecule has 126 valence electrons. The van der Waals surface area contributed by atoms with Crippen LogP contribution in [0.5, 0.6) is 5.75 Å². The Labute approximate surface area is 141 Å². The number of oxime groups is 1. The molecule has 0 saturated heterocycles. The summed E-state index contributed by atoms with van der Waals surface area (Å²) in [5, 5.41) is 6.52. The average molecular weight is 327 g/mol. The van der Waals surface area contributed by atoms with E-state index in [4.69, 9.17) is 15.3 Å². The summed E-state index contributed by atoms with van der Waals surface area (Å²) in [5.74, 6) is 0.692. The molecule has 0 aliphatic heterocycles. The summed E-state index contributed by atoms with van der Waals surface area (Å²) in [6, 6.07) is 17.0. The molecule has 0 spiro atoms. The topological polar surface area (TPSA) is 85.9 Å². The minimum absolute atomic E-state index is 0.175. The third-order valence-corrected chi connectivity index (χ3v) is 3.32. The summed E-state index contributed by atoms with van der Waals surface area (Å²) in [4.78, 5) is 16.7. The minimum atomic E-state index is -0.239. The minimum Gasteiger partial charge on any atom is -0.497 e. The Balaban J connectivity index is 1.70. The van der Waals surface area contributed by atoms with Crippen LogP contribution in [0.15, 0.2) is 59.8 Å². The van der Waals surface area contributed by atoms with Crippen LogP contribution in [0.1, 0.15) is 11.1 Å². The van der Waals surface area contributed by atoms with Gasteiger partial charge < -0.3 is 20.6 Å². The van der Waals surface area contributed by atoms with E-state index in [1.165, 1.54) is 5.56 Å². The normalized spacial score (nSPS) is 11.0. The second-order valence-corrected chi connectivity index (χ2v) is 5.06. The van der Waals surface area contributed by atoms with E-state index in [-0.39, 0.29) is 18.3 Å². The van der Waals surface area contributed by atoms with Crippen molar-refractivity contribution in [3.05, 3.63) is 65.7 Å². The lowest BCUT2D eigenvalue weighted by Gasteiger charge is -2.05. The number of amidine groups is 1. The van der Waals surface area contributed by atoms with Crippen molar-refractivity contribution in [3.63, 3.8) is 0 Å². The fourth-order valence-electron chi connectivity index (χ4n) is 2.02. The molecule has 0 saturated carbocycles. The smallest absolute Gasteiger partial charge is 0.260 e. The van der Waals surface area contributed by atoms with E-state index >= 15 is 0 Å². The van der Waals surface area contributed by atoms with E-state index in [0.717, 1.165) is 12.2 Å². The maximum atomic E-state index is 11.7. The van der Waals surface area contributed by atoms with Gasteiger partial charge in [0, 0.05) is 12.1 Å². The molecule has 0 bridgehead atoms. The first-order chi connectivity index (χ1) is 11.7. The van der Waals surface area contributed by atoms with Crippen LogP contribution in [-0.4, -0.2) is 32.0 Å². The number of nitrogens with two attached hydrogens (primary N) is 1. The number of ether oxygens (including phenoxy) is 1. The number of hydrogen-bond acceptors (Lipinski definition) is 4. The first-order valence-electron chi connectivity index (χ1n) is 7.59. The Hall–Kier alpha value is -3.02. The van der Waals surface area contributed by atoms with Crippen LogP contribution < -0.4 is 15.8 Å². The molecule has 6 nitrogen and oxygen atoms in total. The first kappa shape index (κ1) is 17.3. The summed E-state index contributed by atoms with van der Waals surface area (Å²) < 4.78 is 5.07. The van der Waals surface area contributed by atoms with Crippen LogP contribution in [0, 0.1) is 0 Å².